The number of benzene rings is 4. The van der Waals surface area contributed by atoms with Gasteiger partial charge in [-0.1, -0.05) is 27.7 Å². The van der Waals surface area contributed by atoms with Crippen molar-refractivity contribution in [1.29, 1.82) is 0 Å². The molecule has 12 heteroatoms. The monoisotopic (exact) mass is 768 g/mol. The number of aromatic carboxylic acids is 4. The lowest BCUT2D eigenvalue weighted by molar-refractivity contribution is 0.0685. The standard InChI is InChI=1S/C44H48O12/c1-5-9-53-37-25-13-27-19-34(42(47)48)21-29(38(27)54-10-6-2)15-31-23-36(44(51)52)24-32(40(31)56-12-8-4)16-30-22-35(43(49)50)20-28(39(30)55-11-7-3)14-26(37)18-33(17-25)41(45)46/h17-24H,5-16H2,1-4H3,(H,45,46)(H,47,48)(H,49,50)(H,51,52). The van der Waals surface area contributed by atoms with Crippen molar-refractivity contribution < 1.29 is 58.6 Å². The first kappa shape index (κ1) is 41.1. The molecule has 0 radical (unpaired) electrons. The van der Waals surface area contributed by atoms with Crippen molar-refractivity contribution in [2.75, 3.05) is 26.4 Å². The van der Waals surface area contributed by atoms with Gasteiger partial charge in [0.15, 0.2) is 0 Å². The summed E-state index contributed by atoms with van der Waals surface area (Å²) in [7, 11) is 0. The number of hydrogen-bond acceptors (Lipinski definition) is 8. The van der Waals surface area contributed by atoms with Crippen molar-refractivity contribution in [3.63, 3.8) is 0 Å². The molecule has 0 amide bonds. The summed E-state index contributed by atoms with van der Waals surface area (Å²) < 4.78 is 25.5. The molecule has 12 nitrogen and oxygen atoms in total. The maximum Gasteiger partial charge on any atom is 0.335 e. The highest BCUT2D eigenvalue weighted by atomic mass is 16.5. The van der Waals surface area contributed by atoms with Gasteiger partial charge in [-0.15, -0.1) is 0 Å². The van der Waals surface area contributed by atoms with Gasteiger partial charge in [-0.25, -0.2) is 19.2 Å². The molecule has 0 heterocycles. The number of hydrogen-bond donors (Lipinski definition) is 4. The SMILES string of the molecule is CCCOc1c2cc(C(=O)O)cc1Cc1cc(C(=O)O)cc(c1OCCC)Cc1cc(C(=O)O)cc(c1OCCC)Cc1cc(C(=O)O)cc(c1OCCC)C2. The van der Waals surface area contributed by atoms with E-state index in [1.165, 1.54) is 48.5 Å². The highest BCUT2D eigenvalue weighted by Gasteiger charge is 2.27. The van der Waals surface area contributed by atoms with E-state index in [4.69, 9.17) is 18.9 Å². The number of ether oxygens (including phenoxy) is 4. The van der Waals surface area contributed by atoms with E-state index in [9.17, 15) is 39.6 Å². The molecule has 56 heavy (non-hydrogen) atoms. The number of rotatable bonds is 16. The molecule has 0 atom stereocenters. The van der Waals surface area contributed by atoms with E-state index in [0.29, 0.717) is 93.2 Å². The van der Waals surface area contributed by atoms with E-state index >= 15 is 0 Å². The van der Waals surface area contributed by atoms with Gasteiger partial charge in [0.05, 0.1) is 48.7 Å². The predicted molar refractivity (Wildman–Crippen MR) is 208 cm³/mol. The lowest BCUT2D eigenvalue weighted by Gasteiger charge is -2.24. The van der Waals surface area contributed by atoms with Crippen molar-refractivity contribution in [1.82, 2.24) is 0 Å². The van der Waals surface area contributed by atoms with Crippen LogP contribution >= 0.6 is 0 Å². The number of carboxylic acid groups (broad SMARTS) is 4. The van der Waals surface area contributed by atoms with Crippen LogP contribution in [0.2, 0.25) is 0 Å². The Balaban J connectivity index is 1.97. The van der Waals surface area contributed by atoms with Crippen molar-refractivity contribution in [2.45, 2.75) is 79.1 Å². The van der Waals surface area contributed by atoms with Crippen molar-refractivity contribution in [3.05, 3.63) is 115 Å². The molecule has 0 saturated carbocycles. The second-order valence-corrected chi connectivity index (χ2v) is 13.8. The lowest BCUT2D eigenvalue weighted by Crippen LogP contribution is -2.13. The Morgan fingerprint density at radius 2 is 0.536 bits per heavy atom. The third-order valence-electron chi connectivity index (χ3n) is 9.28. The normalized spacial score (nSPS) is 12.1. The quantitative estimate of drug-likeness (QED) is 0.0753. The first-order valence-corrected chi connectivity index (χ1v) is 19.0. The fraction of sp³-hybridized carbons (Fsp3) is 0.364. The summed E-state index contributed by atoms with van der Waals surface area (Å²) in [6.45, 7) is 8.88. The van der Waals surface area contributed by atoms with Crippen LogP contribution in [0.3, 0.4) is 0 Å². The summed E-state index contributed by atoms with van der Waals surface area (Å²) in [6.07, 6.45) is 2.57. The van der Waals surface area contributed by atoms with Crippen LogP contribution in [0, 0.1) is 0 Å². The molecule has 0 aliphatic heterocycles. The van der Waals surface area contributed by atoms with Crippen LogP contribution in [-0.4, -0.2) is 70.7 Å². The zero-order chi connectivity index (χ0) is 40.5. The van der Waals surface area contributed by atoms with Crippen molar-refractivity contribution >= 4 is 23.9 Å². The fourth-order valence-corrected chi connectivity index (χ4v) is 6.94. The first-order valence-electron chi connectivity index (χ1n) is 19.0. The van der Waals surface area contributed by atoms with E-state index in [-0.39, 0.29) is 74.4 Å². The Bertz CT molecular complexity index is 1740. The van der Waals surface area contributed by atoms with Crippen molar-refractivity contribution in [2.24, 2.45) is 0 Å². The van der Waals surface area contributed by atoms with E-state index in [2.05, 4.69) is 0 Å². The van der Waals surface area contributed by atoms with Crippen LogP contribution in [-0.2, 0) is 25.7 Å². The molecule has 0 unspecified atom stereocenters. The van der Waals surface area contributed by atoms with Gasteiger partial charge in [0.2, 0.25) is 0 Å². The largest absolute Gasteiger partial charge is 0.493 e. The summed E-state index contributed by atoms with van der Waals surface area (Å²) >= 11 is 0. The van der Waals surface area contributed by atoms with E-state index in [1.54, 1.807) is 0 Å². The molecular weight excluding hydrogens is 720 g/mol. The van der Waals surface area contributed by atoms with E-state index in [0.717, 1.165) is 0 Å². The highest BCUT2D eigenvalue weighted by molar-refractivity contribution is 5.91. The molecule has 1 aliphatic rings. The number of carbonyl (C=O) groups is 4. The van der Waals surface area contributed by atoms with Crippen LogP contribution in [0.15, 0.2) is 48.5 Å². The maximum absolute atomic E-state index is 12.7. The van der Waals surface area contributed by atoms with Gasteiger partial charge in [0.1, 0.15) is 23.0 Å². The molecule has 4 N–H and O–H groups in total. The maximum atomic E-state index is 12.7. The minimum Gasteiger partial charge on any atom is -0.493 e. The summed E-state index contributed by atoms with van der Waals surface area (Å²) in [5.41, 5.74) is 3.54. The third-order valence-corrected chi connectivity index (χ3v) is 9.28. The van der Waals surface area contributed by atoms with E-state index < -0.39 is 23.9 Å². The first-order chi connectivity index (χ1) is 26.9. The van der Waals surface area contributed by atoms with Crippen LogP contribution in [0.1, 0.15) is 139 Å². The van der Waals surface area contributed by atoms with Gasteiger partial charge in [0, 0.05) is 25.7 Å². The molecule has 0 aromatic heterocycles. The summed E-state index contributed by atoms with van der Waals surface area (Å²) in [5, 5.41) is 41.3. The molecule has 5 rings (SSSR count). The number of carboxylic acids is 4. The average molecular weight is 769 g/mol. The van der Waals surface area contributed by atoms with Gasteiger partial charge >= 0.3 is 23.9 Å². The minimum atomic E-state index is -1.19. The Kier molecular flexibility index (Phi) is 13.6. The molecular formula is C44H48O12. The molecule has 8 bridgehead atoms. The fourth-order valence-electron chi connectivity index (χ4n) is 6.94. The molecule has 0 saturated heterocycles. The molecule has 1 aliphatic carbocycles. The molecule has 4 aromatic carbocycles. The smallest absolute Gasteiger partial charge is 0.335 e. The second-order valence-electron chi connectivity index (χ2n) is 13.8. The molecule has 0 spiro atoms. The Morgan fingerprint density at radius 3 is 0.661 bits per heavy atom. The van der Waals surface area contributed by atoms with Crippen LogP contribution in [0.5, 0.6) is 23.0 Å². The topological polar surface area (TPSA) is 186 Å². The lowest BCUT2D eigenvalue weighted by atomic mass is 9.88. The summed E-state index contributed by atoms with van der Waals surface area (Å²) in [6, 6.07) is 12.0. The Morgan fingerprint density at radius 1 is 0.375 bits per heavy atom. The summed E-state index contributed by atoms with van der Waals surface area (Å²) in [4.78, 5) is 50.6. The van der Waals surface area contributed by atoms with Gasteiger partial charge in [-0.3, -0.25) is 0 Å². The zero-order valence-electron chi connectivity index (χ0n) is 32.2. The summed E-state index contributed by atoms with van der Waals surface area (Å²) in [5.74, 6) is -3.21. The van der Waals surface area contributed by atoms with Gasteiger partial charge in [-0.05, 0) is 119 Å². The van der Waals surface area contributed by atoms with Crippen LogP contribution < -0.4 is 18.9 Å². The molecule has 296 valence electrons. The van der Waals surface area contributed by atoms with Gasteiger partial charge in [0.25, 0.3) is 0 Å². The Labute approximate surface area is 325 Å². The number of fused-ring (bicyclic) bond motifs is 8. The van der Waals surface area contributed by atoms with Gasteiger partial charge in [-0.2, -0.15) is 0 Å². The Hall–Kier alpha value is -6.04. The molecule has 0 fully saturated rings. The highest BCUT2D eigenvalue weighted by Crippen LogP contribution is 2.41. The van der Waals surface area contributed by atoms with Gasteiger partial charge < -0.3 is 39.4 Å². The van der Waals surface area contributed by atoms with E-state index in [1.807, 2.05) is 27.7 Å². The van der Waals surface area contributed by atoms with Crippen LogP contribution in [0.4, 0.5) is 0 Å². The van der Waals surface area contributed by atoms with Crippen molar-refractivity contribution in [3.8, 4) is 23.0 Å². The molecule has 4 aromatic rings. The second kappa shape index (κ2) is 18.5. The predicted octanol–water partition coefficient (Wildman–Crippen LogP) is 8.31. The third kappa shape index (κ3) is 9.42. The van der Waals surface area contributed by atoms with Crippen LogP contribution in [0.25, 0.3) is 0 Å². The minimum absolute atomic E-state index is 0.0134. The zero-order valence-corrected chi connectivity index (χ0v) is 32.2. The average Bonchev–Trinajstić information content (AvgIpc) is 3.15.